The van der Waals surface area contributed by atoms with Crippen molar-refractivity contribution in [2.45, 2.75) is 25.8 Å². The molecule has 1 amide bonds. The SMILES string of the molecule is CC(c1cc2ccccc2o1)N(C)C(=O)CCc1ccccn1. The summed E-state index contributed by atoms with van der Waals surface area (Å²) in [5.41, 5.74) is 1.79. The number of pyridine rings is 1. The lowest BCUT2D eigenvalue weighted by atomic mass is 10.1. The van der Waals surface area contributed by atoms with Gasteiger partial charge in [-0.05, 0) is 37.6 Å². The summed E-state index contributed by atoms with van der Waals surface area (Å²) >= 11 is 0. The monoisotopic (exact) mass is 308 g/mol. The van der Waals surface area contributed by atoms with Gasteiger partial charge in [-0.2, -0.15) is 0 Å². The molecule has 0 saturated heterocycles. The molecule has 0 aliphatic heterocycles. The summed E-state index contributed by atoms with van der Waals surface area (Å²) < 4.78 is 5.86. The van der Waals surface area contributed by atoms with E-state index in [4.69, 9.17) is 4.42 Å². The number of benzene rings is 1. The summed E-state index contributed by atoms with van der Waals surface area (Å²) in [6, 6.07) is 15.5. The van der Waals surface area contributed by atoms with Crippen molar-refractivity contribution in [2.75, 3.05) is 7.05 Å². The van der Waals surface area contributed by atoms with Gasteiger partial charge in [-0.25, -0.2) is 0 Å². The van der Waals surface area contributed by atoms with Crippen molar-refractivity contribution in [3.63, 3.8) is 0 Å². The highest BCUT2D eigenvalue weighted by Gasteiger charge is 2.20. The molecule has 23 heavy (non-hydrogen) atoms. The van der Waals surface area contributed by atoms with Crippen LogP contribution in [0.4, 0.5) is 0 Å². The van der Waals surface area contributed by atoms with Gasteiger partial charge in [0.1, 0.15) is 11.3 Å². The van der Waals surface area contributed by atoms with Crippen LogP contribution < -0.4 is 0 Å². The van der Waals surface area contributed by atoms with Crippen LogP contribution in [-0.2, 0) is 11.2 Å². The van der Waals surface area contributed by atoms with Crippen LogP contribution in [0.5, 0.6) is 0 Å². The number of fused-ring (bicyclic) bond motifs is 1. The predicted octanol–water partition coefficient (Wildman–Crippen LogP) is 3.98. The maximum atomic E-state index is 12.4. The molecule has 0 fully saturated rings. The molecule has 0 radical (unpaired) electrons. The fraction of sp³-hybridized carbons (Fsp3) is 0.263. The zero-order valence-corrected chi connectivity index (χ0v) is 13.4. The summed E-state index contributed by atoms with van der Waals surface area (Å²) in [6.07, 6.45) is 2.84. The molecule has 4 heteroatoms. The standard InChI is InChI=1S/C19H20N2O2/c1-14(18-13-15-7-3-4-9-17(15)23-18)21(2)19(22)11-10-16-8-5-6-12-20-16/h3-9,12-14H,10-11H2,1-2H3. The van der Waals surface area contributed by atoms with Crippen LogP contribution in [0.25, 0.3) is 11.0 Å². The zero-order chi connectivity index (χ0) is 16.2. The minimum Gasteiger partial charge on any atom is -0.459 e. The van der Waals surface area contributed by atoms with Crippen LogP contribution in [-0.4, -0.2) is 22.8 Å². The minimum absolute atomic E-state index is 0.0867. The Balaban J connectivity index is 1.66. The second-order valence-corrected chi connectivity index (χ2v) is 5.69. The summed E-state index contributed by atoms with van der Waals surface area (Å²) in [6.45, 7) is 1.98. The molecule has 1 unspecified atom stereocenters. The van der Waals surface area contributed by atoms with Crippen LogP contribution >= 0.6 is 0 Å². The molecule has 0 N–H and O–H groups in total. The number of hydrogen-bond acceptors (Lipinski definition) is 3. The number of aromatic nitrogens is 1. The lowest BCUT2D eigenvalue weighted by Crippen LogP contribution is -2.29. The summed E-state index contributed by atoms with van der Waals surface area (Å²) in [5, 5.41) is 1.06. The van der Waals surface area contributed by atoms with Gasteiger partial charge in [-0.3, -0.25) is 9.78 Å². The second-order valence-electron chi connectivity index (χ2n) is 5.69. The Kier molecular flexibility index (Phi) is 4.42. The van der Waals surface area contributed by atoms with E-state index in [1.165, 1.54) is 0 Å². The topological polar surface area (TPSA) is 46.3 Å². The van der Waals surface area contributed by atoms with E-state index in [0.717, 1.165) is 22.4 Å². The van der Waals surface area contributed by atoms with Gasteiger partial charge in [-0.15, -0.1) is 0 Å². The predicted molar refractivity (Wildman–Crippen MR) is 90.0 cm³/mol. The highest BCUT2D eigenvalue weighted by Crippen LogP contribution is 2.27. The normalized spacial score (nSPS) is 12.3. The highest BCUT2D eigenvalue weighted by atomic mass is 16.3. The average Bonchev–Trinajstić information content (AvgIpc) is 3.03. The van der Waals surface area contributed by atoms with Crippen LogP contribution in [0, 0.1) is 0 Å². The molecule has 0 aliphatic rings. The lowest BCUT2D eigenvalue weighted by molar-refractivity contribution is -0.132. The van der Waals surface area contributed by atoms with Crippen molar-refractivity contribution >= 4 is 16.9 Å². The van der Waals surface area contributed by atoms with E-state index in [1.54, 1.807) is 11.1 Å². The maximum absolute atomic E-state index is 12.4. The van der Waals surface area contributed by atoms with Crippen LogP contribution in [0.2, 0.25) is 0 Å². The molecular weight excluding hydrogens is 288 g/mol. The van der Waals surface area contributed by atoms with Crippen LogP contribution in [0.15, 0.2) is 59.1 Å². The molecule has 2 heterocycles. The van der Waals surface area contributed by atoms with Crippen molar-refractivity contribution in [3.05, 3.63) is 66.2 Å². The molecule has 1 aromatic carbocycles. The number of carbonyl (C=O) groups excluding carboxylic acids is 1. The third-order valence-electron chi connectivity index (χ3n) is 4.15. The molecule has 3 aromatic rings. The molecule has 2 aromatic heterocycles. The van der Waals surface area contributed by atoms with E-state index in [9.17, 15) is 4.79 Å². The summed E-state index contributed by atoms with van der Waals surface area (Å²) in [5.74, 6) is 0.892. The molecule has 118 valence electrons. The largest absolute Gasteiger partial charge is 0.459 e. The van der Waals surface area contributed by atoms with E-state index >= 15 is 0 Å². The molecule has 0 spiro atoms. The van der Waals surface area contributed by atoms with Crippen LogP contribution in [0.3, 0.4) is 0 Å². The lowest BCUT2D eigenvalue weighted by Gasteiger charge is -2.23. The average molecular weight is 308 g/mol. The van der Waals surface area contributed by atoms with Crippen molar-refractivity contribution < 1.29 is 9.21 Å². The molecule has 0 bridgehead atoms. The van der Waals surface area contributed by atoms with Gasteiger partial charge in [-0.1, -0.05) is 24.3 Å². The number of rotatable bonds is 5. The number of amides is 1. The van der Waals surface area contributed by atoms with Crippen LogP contribution in [0.1, 0.15) is 30.8 Å². The Morgan fingerprint density at radius 1 is 1.22 bits per heavy atom. The maximum Gasteiger partial charge on any atom is 0.223 e. The number of furan rings is 1. The zero-order valence-electron chi connectivity index (χ0n) is 13.4. The van der Waals surface area contributed by atoms with Crippen molar-refractivity contribution in [1.82, 2.24) is 9.88 Å². The first-order valence-electron chi connectivity index (χ1n) is 7.79. The molecular formula is C19H20N2O2. The van der Waals surface area contributed by atoms with E-state index in [-0.39, 0.29) is 11.9 Å². The van der Waals surface area contributed by atoms with E-state index < -0.39 is 0 Å². The number of para-hydroxylation sites is 1. The third kappa shape index (κ3) is 3.42. The fourth-order valence-corrected chi connectivity index (χ4v) is 2.57. The van der Waals surface area contributed by atoms with Crippen molar-refractivity contribution in [2.24, 2.45) is 0 Å². The Morgan fingerprint density at radius 2 is 2.00 bits per heavy atom. The highest BCUT2D eigenvalue weighted by molar-refractivity contribution is 5.79. The minimum atomic E-state index is -0.0985. The van der Waals surface area contributed by atoms with Gasteiger partial charge in [0.2, 0.25) is 5.91 Å². The second kappa shape index (κ2) is 6.65. The Bertz CT molecular complexity index is 762. The van der Waals surface area contributed by atoms with E-state index in [1.807, 2.05) is 62.5 Å². The number of hydrogen-bond donors (Lipinski definition) is 0. The first-order valence-corrected chi connectivity index (χ1v) is 7.79. The summed E-state index contributed by atoms with van der Waals surface area (Å²) in [4.78, 5) is 18.4. The summed E-state index contributed by atoms with van der Waals surface area (Å²) in [7, 11) is 1.82. The van der Waals surface area contributed by atoms with E-state index in [2.05, 4.69) is 4.98 Å². The first-order chi connectivity index (χ1) is 11.1. The van der Waals surface area contributed by atoms with Gasteiger partial charge >= 0.3 is 0 Å². The smallest absolute Gasteiger partial charge is 0.223 e. The van der Waals surface area contributed by atoms with Gasteiger partial charge < -0.3 is 9.32 Å². The van der Waals surface area contributed by atoms with Gasteiger partial charge in [0, 0.05) is 30.7 Å². The van der Waals surface area contributed by atoms with Gasteiger partial charge in [0.15, 0.2) is 0 Å². The first kappa shape index (κ1) is 15.3. The molecule has 1 atom stereocenters. The quantitative estimate of drug-likeness (QED) is 0.716. The number of nitrogens with zero attached hydrogens (tertiary/aromatic N) is 2. The number of aryl methyl sites for hydroxylation is 1. The van der Waals surface area contributed by atoms with E-state index in [0.29, 0.717) is 12.8 Å². The number of carbonyl (C=O) groups is 1. The van der Waals surface area contributed by atoms with Gasteiger partial charge in [0.05, 0.1) is 6.04 Å². The molecule has 3 rings (SSSR count). The fourth-order valence-electron chi connectivity index (χ4n) is 2.57. The van der Waals surface area contributed by atoms with Crippen molar-refractivity contribution in [3.8, 4) is 0 Å². The molecule has 0 saturated carbocycles. The Hall–Kier alpha value is -2.62. The van der Waals surface area contributed by atoms with Gasteiger partial charge in [0.25, 0.3) is 0 Å². The molecule has 4 nitrogen and oxygen atoms in total. The van der Waals surface area contributed by atoms with Crippen molar-refractivity contribution in [1.29, 1.82) is 0 Å². The molecule has 0 aliphatic carbocycles. The Labute approximate surface area is 135 Å². The third-order valence-corrected chi connectivity index (χ3v) is 4.15. The Morgan fingerprint density at radius 3 is 2.74 bits per heavy atom.